The lowest BCUT2D eigenvalue weighted by atomic mass is 9.98. The standard InChI is InChI=1S/C16H15BrCl2FN/c1-2-21-15(10-6-7-12(17)13(18)8-10)9-11-4-3-5-14(20)16(11)19/h3-8,15,21H,2,9H2,1H3. The van der Waals surface area contributed by atoms with Gasteiger partial charge < -0.3 is 5.32 Å². The van der Waals surface area contributed by atoms with Crippen molar-refractivity contribution in [2.24, 2.45) is 0 Å². The highest BCUT2D eigenvalue weighted by atomic mass is 79.9. The van der Waals surface area contributed by atoms with Gasteiger partial charge in [-0.3, -0.25) is 0 Å². The van der Waals surface area contributed by atoms with Crippen LogP contribution in [0.2, 0.25) is 10.0 Å². The second-order valence-electron chi connectivity index (χ2n) is 4.70. The zero-order valence-electron chi connectivity index (χ0n) is 11.5. The monoisotopic (exact) mass is 389 g/mol. The van der Waals surface area contributed by atoms with E-state index in [1.54, 1.807) is 6.07 Å². The fraction of sp³-hybridized carbons (Fsp3) is 0.250. The van der Waals surface area contributed by atoms with Gasteiger partial charge in [0.1, 0.15) is 5.82 Å². The molecule has 0 aliphatic rings. The van der Waals surface area contributed by atoms with Gasteiger partial charge in [0.15, 0.2) is 0 Å². The minimum Gasteiger partial charge on any atom is -0.310 e. The fourth-order valence-electron chi connectivity index (χ4n) is 2.21. The Morgan fingerprint density at radius 3 is 2.67 bits per heavy atom. The summed E-state index contributed by atoms with van der Waals surface area (Å²) in [5, 5.41) is 4.22. The number of rotatable bonds is 5. The minimum absolute atomic E-state index is 0.0277. The first-order chi connectivity index (χ1) is 10.0. The first-order valence-electron chi connectivity index (χ1n) is 6.64. The Balaban J connectivity index is 2.30. The zero-order chi connectivity index (χ0) is 15.4. The van der Waals surface area contributed by atoms with Gasteiger partial charge in [-0.15, -0.1) is 0 Å². The Bertz CT molecular complexity index is 634. The SMILES string of the molecule is CCNC(Cc1cccc(F)c1Cl)c1ccc(Br)c(Cl)c1. The first kappa shape index (κ1) is 16.8. The lowest BCUT2D eigenvalue weighted by Gasteiger charge is -2.20. The van der Waals surface area contributed by atoms with E-state index >= 15 is 0 Å². The molecule has 1 N–H and O–H groups in total. The maximum Gasteiger partial charge on any atom is 0.142 e. The molecule has 0 saturated carbocycles. The smallest absolute Gasteiger partial charge is 0.142 e. The van der Waals surface area contributed by atoms with Gasteiger partial charge in [-0.1, -0.05) is 48.3 Å². The number of hydrogen-bond acceptors (Lipinski definition) is 1. The van der Waals surface area contributed by atoms with E-state index < -0.39 is 5.82 Å². The van der Waals surface area contributed by atoms with E-state index in [1.165, 1.54) is 6.07 Å². The second kappa shape index (κ2) is 7.59. The molecule has 0 heterocycles. The average molecular weight is 391 g/mol. The van der Waals surface area contributed by atoms with Gasteiger partial charge >= 0.3 is 0 Å². The van der Waals surface area contributed by atoms with Gasteiger partial charge in [0, 0.05) is 10.5 Å². The maximum absolute atomic E-state index is 13.6. The number of halogens is 4. The molecular weight excluding hydrogens is 376 g/mol. The van der Waals surface area contributed by atoms with E-state index in [2.05, 4.69) is 21.2 Å². The summed E-state index contributed by atoms with van der Waals surface area (Å²) in [5.74, 6) is -0.391. The molecule has 5 heteroatoms. The molecule has 21 heavy (non-hydrogen) atoms. The number of benzene rings is 2. The molecule has 2 aromatic rings. The molecular formula is C16H15BrCl2FN. The van der Waals surface area contributed by atoms with Crippen LogP contribution in [0.25, 0.3) is 0 Å². The summed E-state index contributed by atoms with van der Waals surface area (Å²) in [6.45, 7) is 2.83. The third kappa shape index (κ3) is 4.19. The van der Waals surface area contributed by atoms with Gasteiger partial charge in [0.05, 0.1) is 10.0 Å². The van der Waals surface area contributed by atoms with E-state index in [1.807, 2.05) is 31.2 Å². The van der Waals surface area contributed by atoms with Crippen molar-refractivity contribution in [1.29, 1.82) is 0 Å². The predicted molar refractivity (Wildman–Crippen MR) is 90.7 cm³/mol. The van der Waals surface area contributed by atoms with Crippen LogP contribution in [0.3, 0.4) is 0 Å². The molecule has 0 amide bonds. The van der Waals surface area contributed by atoms with Crippen molar-refractivity contribution >= 4 is 39.1 Å². The quantitative estimate of drug-likeness (QED) is 0.681. The highest BCUT2D eigenvalue weighted by Gasteiger charge is 2.15. The average Bonchev–Trinajstić information content (AvgIpc) is 2.46. The summed E-state index contributed by atoms with van der Waals surface area (Å²) in [5.41, 5.74) is 1.83. The molecule has 0 saturated heterocycles. The van der Waals surface area contributed by atoms with E-state index in [0.717, 1.165) is 22.1 Å². The maximum atomic E-state index is 13.6. The fourth-order valence-corrected chi connectivity index (χ4v) is 2.85. The first-order valence-corrected chi connectivity index (χ1v) is 8.19. The van der Waals surface area contributed by atoms with Crippen LogP contribution in [-0.4, -0.2) is 6.54 Å². The largest absolute Gasteiger partial charge is 0.310 e. The van der Waals surface area contributed by atoms with Gasteiger partial charge in [-0.2, -0.15) is 0 Å². The number of hydrogen-bond donors (Lipinski definition) is 1. The minimum atomic E-state index is -0.391. The van der Waals surface area contributed by atoms with E-state index in [0.29, 0.717) is 11.4 Å². The van der Waals surface area contributed by atoms with Crippen LogP contribution in [0.5, 0.6) is 0 Å². The summed E-state index contributed by atoms with van der Waals surface area (Å²) >= 11 is 15.6. The van der Waals surface area contributed by atoms with Gasteiger partial charge in [-0.05, 0) is 58.2 Å². The summed E-state index contributed by atoms with van der Waals surface area (Å²) in [4.78, 5) is 0. The molecule has 2 rings (SSSR count). The van der Waals surface area contributed by atoms with Crippen LogP contribution in [0.4, 0.5) is 4.39 Å². The van der Waals surface area contributed by atoms with Crippen molar-refractivity contribution in [2.75, 3.05) is 6.54 Å². The lowest BCUT2D eigenvalue weighted by molar-refractivity contribution is 0.547. The van der Waals surface area contributed by atoms with Crippen LogP contribution in [0.15, 0.2) is 40.9 Å². The predicted octanol–water partition coefficient (Wildman–Crippen LogP) is 5.79. The van der Waals surface area contributed by atoms with Crippen molar-refractivity contribution in [3.8, 4) is 0 Å². The summed E-state index contributed by atoms with van der Waals surface area (Å²) in [7, 11) is 0. The Kier molecular flexibility index (Phi) is 6.06. The van der Waals surface area contributed by atoms with E-state index in [-0.39, 0.29) is 11.1 Å². The topological polar surface area (TPSA) is 12.0 Å². The number of nitrogens with one attached hydrogen (secondary N) is 1. The van der Waals surface area contributed by atoms with Gasteiger partial charge in [0.2, 0.25) is 0 Å². The Hall–Kier alpha value is -0.610. The molecule has 1 unspecified atom stereocenters. The van der Waals surface area contributed by atoms with Crippen molar-refractivity contribution in [3.63, 3.8) is 0 Å². The highest BCUT2D eigenvalue weighted by Crippen LogP contribution is 2.29. The summed E-state index contributed by atoms with van der Waals surface area (Å²) < 4.78 is 14.4. The summed E-state index contributed by atoms with van der Waals surface area (Å²) in [6.07, 6.45) is 0.600. The Labute approximate surface area is 142 Å². The van der Waals surface area contributed by atoms with Gasteiger partial charge in [0.25, 0.3) is 0 Å². The van der Waals surface area contributed by atoms with Crippen LogP contribution >= 0.6 is 39.1 Å². The summed E-state index contributed by atoms with van der Waals surface area (Å²) in [6, 6.07) is 10.7. The van der Waals surface area contributed by atoms with Crippen LogP contribution in [0, 0.1) is 5.82 Å². The van der Waals surface area contributed by atoms with Crippen LogP contribution < -0.4 is 5.32 Å². The molecule has 0 aromatic heterocycles. The third-order valence-corrected chi connectivity index (χ3v) is 4.91. The molecule has 0 radical (unpaired) electrons. The third-order valence-electron chi connectivity index (χ3n) is 3.25. The van der Waals surface area contributed by atoms with Crippen LogP contribution in [0.1, 0.15) is 24.1 Å². The zero-order valence-corrected chi connectivity index (χ0v) is 14.6. The van der Waals surface area contributed by atoms with Crippen LogP contribution in [-0.2, 0) is 6.42 Å². The molecule has 1 nitrogen and oxygen atoms in total. The molecule has 0 spiro atoms. The van der Waals surface area contributed by atoms with E-state index in [4.69, 9.17) is 23.2 Å². The second-order valence-corrected chi connectivity index (χ2v) is 6.34. The normalized spacial score (nSPS) is 12.4. The van der Waals surface area contributed by atoms with Gasteiger partial charge in [-0.25, -0.2) is 4.39 Å². The van der Waals surface area contributed by atoms with Crippen molar-refractivity contribution in [1.82, 2.24) is 5.32 Å². The molecule has 1 atom stereocenters. The van der Waals surface area contributed by atoms with Crippen molar-refractivity contribution in [3.05, 3.63) is 67.9 Å². The molecule has 2 aromatic carbocycles. The molecule has 0 aliphatic carbocycles. The highest BCUT2D eigenvalue weighted by molar-refractivity contribution is 9.10. The lowest BCUT2D eigenvalue weighted by Crippen LogP contribution is -2.23. The molecule has 0 bridgehead atoms. The molecule has 0 aliphatic heterocycles. The Morgan fingerprint density at radius 1 is 1.24 bits per heavy atom. The molecule has 0 fully saturated rings. The van der Waals surface area contributed by atoms with Crippen molar-refractivity contribution in [2.45, 2.75) is 19.4 Å². The Morgan fingerprint density at radius 2 is 2.00 bits per heavy atom. The van der Waals surface area contributed by atoms with Crippen molar-refractivity contribution < 1.29 is 4.39 Å². The number of likely N-dealkylation sites (N-methyl/N-ethyl adjacent to an activating group) is 1. The molecule has 112 valence electrons. The van der Waals surface area contributed by atoms with E-state index in [9.17, 15) is 4.39 Å².